The lowest BCUT2D eigenvalue weighted by Gasteiger charge is -2.07. The maximum atomic E-state index is 12.4. The van der Waals surface area contributed by atoms with E-state index in [0.717, 1.165) is 5.56 Å². The second-order valence-electron chi connectivity index (χ2n) is 3.02. The number of rotatable bonds is 6. The van der Waals surface area contributed by atoms with Crippen LogP contribution in [0.1, 0.15) is 5.56 Å². The second kappa shape index (κ2) is 6.34. The molecule has 0 amide bonds. The van der Waals surface area contributed by atoms with E-state index in [1.165, 1.54) is 12.3 Å². The van der Waals surface area contributed by atoms with E-state index in [1.54, 1.807) is 6.07 Å². The number of nitrogens with one attached hydrogen (secondary N) is 1. The Morgan fingerprint density at radius 3 is 2.75 bits per heavy atom. The Morgan fingerprint density at radius 1 is 1.50 bits per heavy atom. The van der Waals surface area contributed by atoms with Crippen LogP contribution in [0, 0.1) is 0 Å². The van der Waals surface area contributed by atoms with Gasteiger partial charge < -0.3 is 11.1 Å². The van der Waals surface area contributed by atoms with Crippen molar-refractivity contribution in [1.29, 1.82) is 0 Å². The molecule has 0 radical (unpaired) electrons. The van der Waals surface area contributed by atoms with Crippen molar-refractivity contribution >= 4 is 23.4 Å². The number of hydrogen-bond donors (Lipinski definition) is 2. The van der Waals surface area contributed by atoms with Crippen LogP contribution in [0.25, 0.3) is 0 Å². The molecule has 0 saturated carbocycles. The number of alkyl halides is 3. The van der Waals surface area contributed by atoms with Crippen LogP contribution >= 0.6 is 23.4 Å². The summed E-state index contributed by atoms with van der Waals surface area (Å²) < 4.78 is 21.5. The van der Waals surface area contributed by atoms with Gasteiger partial charge in [-0.25, -0.2) is 4.98 Å². The van der Waals surface area contributed by atoms with Gasteiger partial charge >= 0.3 is 4.71 Å². The Labute approximate surface area is 102 Å². The topological polar surface area (TPSA) is 50.9 Å². The van der Waals surface area contributed by atoms with Crippen LogP contribution in [0.2, 0.25) is 0 Å². The maximum Gasteiger partial charge on any atom is 0.377 e. The average molecular weight is 268 g/mol. The molecule has 7 heteroatoms. The van der Waals surface area contributed by atoms with Crippen molar-refractivity contribution in [3.8, 4) is 0 Å². The van der Waals surface area contributed by atoms with E-state index in [9.17, 15) is 8.78 Å². The van der Waals surface area contributed by atoms with E-state index in [-0.39, 0.29) is 16.8 Å². The molecule has 0 spiro atoms. The lowest BCUT2D eigenvalue weighted by atomic mass is 10.3. The molecule has 1 rings (SSSR count). The molecule has 0 aliphatic heterocycles. The van der Waals surface area contributed by atoms with E-state index in [4.69, 9.17) is 17.3 Å². The highest BCUT2D eigenvalue weighted by Gasteiger charge is 2.26. The fourth-order valence-corrected chi connectivity index (χ4v) is 1.74. The molecule has 1 aromatic rings. The van der Waals surface area contributed by atoms with Crippen molar-refractivity contribution < 1.29 is 8.78 Å². The molecule has 0 fully saturated rings. The lowest BCUT2D eigenvalue weighted by Crippen LogP contribution is -2.21. The number of halogens is 3. The number of nitrogens with two attached hydrogens (primary N) is 1. The molecule has 0 unspecified atom stereocenters. The smallest absolute Gasteiger partial charge is 0.329 e. The minimum atomic E-state index is -3.31. The highest BCUT2D eigenvalue weighted by Crippen LogP contribution is 2.37. The lowest BCUT2D eigenvalue weighted by molar-refractivity contribution is 0.203. The van der Waals surface area contributed by atoms with Crippen LogP contribution in [0.4, 0.5) is 8.78 Å². The van der Waals surface area contributed by atoms with E-state index in [1.807, 2.05) is 0 Å². The Hall–Kier alpha value is -0.430. The Bertz CT molecular complexity index is 316. The molecular weight excluding hydrogens is 256 g/mol. The Kier molecular flexibility index (Phi) is 5.40. The molecule has 1 heterocycles. The summed E-state index contributed by atoms with van der Waals surface area (Å²) in [7, 11) is 0. The molecule has 0 aliphatic rings. The van der Waals surface area contributed by atoms with Crippen LogP contribution in [-0.4, -0.2) is 22.8 Å². The zero-order chi connectivity index (χ0) is 12.0. The van der Waals surface area contributed by atoms with Crippen LogP contribution in [0.3, 0.4) is 0 Å². The van der Waals surface area contributed by atoms with Crippen LogP contribution in [0.5, 0.6) is 0 Å². The first-order chi connectivity index (χ1) is 7.51. The van der Waals surface area contributed by atoms with E-state index >= 15 is 0 Å². The van der Waals surface area contributed by atoms with Crippen molar-refractivity contribution in [2.75, 3.05) is 13.1 Å². The first-order valence-corrected chi connectivity index (χ1v) is 5.82. The number of aromatic nitrogens is 1. The molecule has 1 aromatic heterocycles. The first-order valence-electron chi connectivity index (χ1n) is 4.63. The van der Waals surface area contributed by atoms with Crippen molar-refractivity contribution in [2.24, 2.45) is 5.73 Å². The predicted molar refractivity (Wildman–Crippen MR) is 61.7 cm³/mol. The van der Waals surface area contributed by atoms with Gasteiger partial charge in [-0.3, -0.25) is 0 Å². The van der Waals surface area contributed by atoms with E-state index in [2.05, 4.69) is 10.3 Å². The van der Waals surface area contributed by atoms with Gasteiger partial charge in [-0.2, -0.15) is 8.78 Å². The zero-order valence-electron chi connectivity index (χ0n) is 8.42. The summed E-state index contributed by atoms with van der Waals surface area (Å²) in [4.78, 5) is 3.87. The van der Waals surface area contributed by atoms with Crippen molar-refractivity contribution in [1.82, 2.24) is 10.3 Å². The minimum Gasteiger partial charge on any atom is -0.329 e. The Morgan fingerprint density at radius 2 is 2.25 bits per heavy atom. The summed E-state index contributed by atoms with van der Waals surface area (Å²) in [5, 5.41) is 3.27. The molecule has 3 N–H and O–H groups in total. The summed E-state index contributed by atoms with van der Waals surface area (Å²) in [6.07, 6.45) is 1.54. The van der Waals surface area contributed by atoms with Crippen LogP contribution < -0.4 is 11.1 Å². The van der Waals surface area contributed by atoms with Gasteiger partial charge in [0.05, 0.1) is 0 Å². The summed E-state index contributed by atoms with van der Waals surface area (Å²) in [6.45, 7) is 1.88. The largest absolute Gasteiger partial charge is 0.377 e. The molecule has 3 nitrogen and oxygen atoms in total. The SMILES string of the molecule is NCCNCc1ccc(SC(F)(F)Cl)nc1. The number of thioether (sulfide) groups is 1. The number of pyridine rings is 1. The summed E-state index contributed by atoms with van der Waals surface area (Å²) in [5.41, 5.74) is 6.22. The monoisotopic (exact) mass is 267 g/mol. The van der Waals surface area contributed by atoms with Crippen LogP contribution in [-0.2, 0) is 6.54 Å². The average Bonchev–Trinajstić information content (AvgIpc) is 2.19. The molecule has 0 saturated heterocycles. The third-order valence-electron chi connectivity index (χ3n) is 1.67. The molecule has 0 bridgehead atoms. The van der Waals surface area contributed by atoms with Crippen molar-refractivity contribution in [2.45, 2.75) is 16.3 Å². The standard InChI is InChI=1S/C9H12ClF2N3S/c10-9(11,12)16-8-2-1-7(6-15-8)5-14-4-3-13/h1-2,6,14H,3-5,13H2. The molecule has 0 aliphatic carbocycles. The quantitative estimate of drug-likeness (QED) is 0.470. The fraction of sp³-hybridized carbons (Fsp3) is 0.444. The van der Waals surface area contributed by atoms with Gasteiger partial charge in [0.25, 0.3) is 0 Å². The van der Waals surface area contributed by atoms with Gasteiger partial charge in [-0.1, -0.05) is 6.07 Å². The first kappa shape index (κ1) is 13.6. The van der Waals surface area contributed by atoms with Gasteiger partial charge in [0.1, 0.15) is 5.03 Å². The van der Waals surface area contributed by atoms with E-state index in [0.29, 0.717) is 19.6 Å². The summed E-state index contributed by atoms with van der Waals surface area (Å²) >= 11 is 4.99. The molecule has 16 heavy (non-hydrogen) atoms. The maximum absolute atomic E-state index is 12.4. The second-order valence-corrected chi connectivity index (χ2v) is 4.85. The summed E-state index contributed by atoms with van der Waals surface area (Å²) in [6, 6.07) is 3.24. The van der Waals surface area contributed by atoms with Crippen molar-refractivity contribution in [3.05, 3.63) is 23.9 Å². The number of nitrogens with zero attached hydrogens (tertiary/aromatic N) is 1. The zero-order valence-corrected chi connectivity index (χ0v) is 9.99. The number of hydrogen-bond acceptors (Lipinski definition) is 4. The highest BCUT2D eigenvalue weighted by atomic mass is 35.5. The molecular formula is C9H12ClF2N3S. The van der Waals surface area contributed by atoms with Gasteiger partial charge in [0, 0.05) is 25.8 Å². The molecule has 0 atom stereocenters. The normalized spacial score (nSPS) is 11.8. The molecule has 90 valence electrons. The Balaban J connectivity index is 2.48. The summed E-state index contributed by atoms with van der Waals surface area (Å²) in [5.74, 6) is 0. The van der Waals surface area contributed by atoms with Crippen molar-refractivity contribution in [3.63, 3.8) is 0 Å². The van der Waals surface area contributed by atoms with Gasteiger partial charge in [0.2, 0.25) is 0 Å². The third-order valence-corrected chi connectivity index (χ3v) is 2.58. The van der Waals surface area contributed by atoms with Gasteiger partial charge in [0.15, 0.2) is 0 Å². The van der Waals surface area contributed by atoms with Crippen LogP contribution in [0.15, 0.2) is 23.4 Å². The third kappa shape index (κ3) is 5.60. The highest BCUT2D eigenvalue weighted by molar-refractivity contribution is 8.01. The van der Waals surface area contributed by atoms with Gasteiger partial charge in [-0.05, 0) is 35.0 Å². The minimum absolute atomic E-state index is 0.197. The van der Waals surface area contributed by atoms with E-state index < -0.39 is 4.71 Å². The predicted octanol–water partition coefficient (Wildman–Crippen LogP) is 2.01. The fourth-order valence-electron chi connectivity index (χ4n) is 1.03. The molecule has 0 aromatic carbocycles. The van der Waals surface area contributed by atoms with Gasteiger partial charge in [-0.15, -0.1) is 0 Å².